The zero-order chi connectivity index (χ0) is 26.2. The fourth-order valence-electron chi connectivity index (χ4n) is 3.59. The van der Waals surface area contributed by atoms with Gasteiger partial charge in [-0.25, -0.2) is 13.8 Å². The lowest BCUT2D eigenvalue weighted by Crippen LogP contribution is -2.23. The van der Waals surface area contributed by atoms with E-state index in [2.05, 4.69) is 15.0 Å². The Morgan fingerprint density at radius 1 is 1.08 bits per heavy atom. The number of aliphatic hydroxyl groups is 1. The van der Waals surface area contributed by atoms with E-state index >= 15 is 0 Å². The first-order valence-corrected chi connectivity index (χ1v) is 11.4. The van der Waals surface area contributed by atoms with E-state index in [1.54, 1.807) is 64.2 Å². The number of hydrogen-bond donors (Lipinski definition) is 1. The number of ether oxygens (including phenoxy) is 1. The molecular weight excluding hydrogens is 490 g/mol. The summed E-state index contributed by atoms with van der Waals surface area (Å²) in [6.45, 7) is 6.45. The van der Waals surface area contributed by atoms with Gasteiger partial charge in [0.1, 0.15) is 34.5 Å². The molecular formula is C26H23ClF2N4O3. The third-order valence-electron chi connectivity index (χ3n) is 5.50. The van der Waals surface area contributed by atoms with Gasteiger partial charge < -0.3 is 9.84 Å². The van der Waals surface area contributed by atoms with Crippen molar-refractivity contribution in [2.45, 2.75) is 39.9 Å². The number of halogens is 3. The Hall–Kier alpha value is -3.69. The molecule has 0 saturated heterocycles. The maximum absolute atomic E-state index is 13.9. The summed E-state index contributed by atoms with van der Waals surface area (Å²) in [6.07, 6.45) is 2.50. The van der Waals surface area contributed by atoms with Gasteiger partial charge >= 0.3 is 0 Å². The Morgan fingerprint density at radius 2 is 1.83 bits per heavy atom. The van der Waals surface area contributed by atoms with Crippen LogP contribution in [0.3, 0.4) is 0 Å². The van der Waals surface area contributed by atoms with Crippen molar-refractivity contribution in [1.82, 2.24) is 19.5 Å². The second-order valence-electron chi connectivity index (χ2n) is 8.80. The zero-order valence-electron chi connectivity index (χ0n) is 20.0. The van der Waals surface area contributed by atoms with Crippen molar-refractivity contribution >= 4 is 11.6 Å². The van der Waals surface area contributed by atoms with Gasteiger partial charge in [-0.05, 0) is 51.5 Å². The molecule has 1 N–H and O–H groups in total. The van der Waals surface area contributed by atoms with Crippen molar-refractivity contribution in [3.05, 3.63) is 98.4 Å². The number of pyridine rings is 4. The fourth-order valence-corrected chi connectivity index (χ4v) is 3.79. The topological polar surface area (TPSA) is 90.1 Å². The largest absolute Gasteiger partial charge is 0.485 e. The quantitative estimate of drug-likeness (QED) is 0.389. The standard InChI is InChI=1S/C26H23ClF2N4O3/c1-14-11-30-19(18-6-5-7-23(32-18)26(3,4)35)10-21(14)33-15(2)8-22(24(27)25(33)34)36-13-20-17(29)9-16(28)12-31-20/h5-12,35H,13H2,1-4H3. The molecule has 0 aliphatic carbocycles. The van der Waals surface area contributed by atoms with Gasteiger partial charge in [0, 0.05) is 24.0 Å². The predicted molar refractivity (Wildman–Crippen MR) is 131 cm³/mol. The molecule has 0 saturated carbocycles. The molecule has 0 aliphatic heterocycles. The molecule has 0 aromatic carbocycles. The molecule has 0 unspecified atom stereocenters. The van der Waals surface area contributed by atoms with Crippen LogP contribution in [-0.4, -0.2) is 24.6 Å². The highest BCUT2D eigenvalue weighted by Crippen LogP contribution is 2.28. The molecule has 0 spiro atoms. The molecule has 10 heteroatoms. The van der Waals surface area contributed by atoms with Crippen LogP contribution < -0.4 is 10.3 Å². The first kappa shape index (κ1) is 25.4. The van der Waals surface area contributed by atoms with Crippen LogP contribution in [0.25, 0.3) is 17.1 Å². The monoisotopic (exact) mass is 512 g/mol. The van der Waals surface area contributed by atoms with E-state index in [1.807, 2.05) is 0 Å². The molecule has 0 bridgehead atoms. The van der Waals surface area contributed by atoms with E-state index in [4.69, 9.17) is 16.3 Å². The summed E-state index contributed by atoms with van der Waals surface area (Å²) in [5.74, 6) is -1.62. The van der Waals surface area contributed by atoms with Crippen molar-refractivity contribution < 1.29 is 18.6 Å². The summed E-state index contributed by atoms with van der Waals surface area (Å²) in [7, 11) is 0. The highest BCUT2D eigenvalue weighted by molar-refractivity contribution is 6.31. The van der Waals surface area contributed by atoms with Crippen molar-refractivity contribution in [2.24, 2.45) is 0 Å². The van der Waals surface area contributed by atoms with Crippen LogP contribution in [0, 0.1) is 25.5 Å². The third-order valence-corrected chi connectivity index (χ3v) is 5.85. The molecule has 0 amide bonds. The average molecular weight is 513 g/mol. The number of nitrogens with zero attached hydrogens (tertiary/aromatic N) is 4. The summed E-state index contributed by atoms with van der Waals surface area (Å²) in [5.41, 5.74) is 1.47. The van der Waals surface area contributed by atoms with Crippen molar-refractivity contribution in [1.29, 1.82) is 0 Å². The average Bonchev–Trinajstić information content (AvgIpc) is 2.82. The lowest BCUT2D eigenvalue weighted by molar-refractivity contribution is 0.0740. The van der Waals surface area contributed by atoms with Crippen LogP contribution in [0.2, 0.25) is 5.02 Å². The van der Waals surface area contributed by atoms with Gasteiger partial charge in [0.2, 0.25) is 0 Å². The highest BCUT2D eigenvalue weighted by Gasteiger charge is 2.20. The molecule has 186 valence electrons. The number of aromatic nitrogens is 4. The second kappa shape index (κ2) is 9.75. The Balaban J connectivity index is 1.72. The summed E-state index contributed by atoms with van der Waals surface area (Å²) >= 11 is 6.34. The minimum Gasteiger partial charge on any atom is -0.485 e. The van der Waals surface area contributed by atoms with E-state index < -0.39 is 22.8 Å². The normalized spacial score (nSPS) is 11.6. The van der Waals surface area contributed by atoms with E-state index in [9.17, 15) is 18.7 Å². The SMILES string of the molecule is Cc1cnc(-c2cccc(C(C)(C)O)n2)cc1-n1c(C)cc(OCc2ncc(F)cc2F)c(Cl)c1=O. The molecule has 7 nitrogen and oxygen atoms in total. The molecule has 0 atom stereocenters. The Bertz CT molecular complexity index is 1520. The van der Waals surface area contributed by atoms with E-state index in [-0.39, 0.29) is 23.1 Å². The molecule has 4 aromatic heterocycles. The zero-order valence-corrected chi connectivity index (χ0v) is 20.8. The predicted octanol–water partition coefficient (Wildman–Crippen LogP) is 5.04. The number of aryl methyl sites for hydroxylation is 2. The van der Waals surface area contributed by atoms with Crippen molar-refractivity contribution in [3.63, 3.8) is 0 Å². The third kappa shape index (κ3) is 5.12. The lowest BCUT2D eigenvalue weighted by atomic mass is 10.0. The molecule has 4 rings (SSSR count). The highest BCUT2D eigenvalue weighted by atomic mass is 35.5. The minimum atomic E-state index is -1.13. The Morgan fingerprint density at radius 3 is 2.53 bits per heavy atom. The molecule has 0 radical (unpaired) electrons. The van der Waals surface area contributed by atoms with Gasteiger partial charge in [0.05, 0.1) is 29.0 Å². The molecule has 4 aromatic rings. The smallest absolute Gasteiger partial charge is 0.277 e. The molecule has 36 heavy (non-hydrogen) atoms. The van der Waals surface area contributed by atoms with Gasteiger partial charge in [-0.2, -0.15) is 0 Å². The Labute approximate surface area is 211 Å². The molecule has 0 aliphatic rings. The van der Waals surface area contributed by atoms with Gasteiger partial charge in [0.25, 0.3) is 5.56 Å². The first-order valence-electron chi connectivity index (χ1n) is 11.0. The molecule has 0 fully saturated rings. The van der Waals surface area contributed by atoms with Gasteiger partial charge in [-0.1, -0.05) is 17.7 Å². The lowest BCUT2D eigenvalue weighted by Gasteiger charge is -2.18. The van der Waals surface area contributed by atoms with E-state index in [0.29, 0.717) is 40.1 Å². The van der Waals surface area contributed by atoms with E-state index in [1.165, 1.54) is 4.57 Å². The van der Waals surface area contributed by atoms with Gasteiger partial charge in [-0.15, -0.1) is 0 Å². The summed E-state index contributed by atoms with van der Waals surface area (Å²) < 4.78 is 34.0. The number of rotatable bonds is 6. The Kier molecular flexibility index (Phi) is 6.88. The number of hydrogen-bond acceptors (Lipinski definition) is 6. The maximum Gasteiger partial charge on any atom is 0.277 e. The van der Waals surface area contributed by atoms with Crippen LogP contribution in [0.4, 0.5) is 8.78 Å². The van der Waals surface area contributed by atoms with Crippen LogP contribution in [0.5, 0.6) is 5.75 Å². The first-order chi connectivity index (χ1) is 17.0. The van der Waals surface area contributed by atoms with Crippen LogP contribution >= 0.6 is 11.6 Å². The van der Waals surface area contributed by atoms with Gasteiger partial charge in [0.15, 0.2) is 5.82 Å². The minimum absolute atomic E-state index is 0.0485. The van der Waals surface area contributed by atoms with Crippen molar-refractivity contribution in [2.75, 3.05) is 0 Å². The summed E-state index contributed by atoms with van der Waals surface area (Å²) in [5, 5.41) is 10.1. The second-order valence-corrected chi connectivity index (χ2v) is 9.18. The van der Waals surface area contributed by atoms with Crippen LogP contribution in [-0.2, 0) is 12.2 Å². The van der Waals surface area contributed by atoms with E-state index in [0.717, 1.165) is 6.20 Å². The fraction of sp³-hybridized carbons (Fsp3) is 0.231. The maximum atomic E-state index is 13.9. The van der Waals surface area contributed by atoms with Crippen LogP contribution in [0.15, 0.2) is 53.6 Å². The summed E-state index contributed by atoms with van der Waals surface area (Å²) in [6, 6.07) is 9.23. The molecule has 4 heterocycles. The summed E-state index contributed by atoms with van der Waals surface area (Å²) in [4.78, 5) is 25.9. The van der Waals surface area contributed by atoms with Gasteiger partial charge in [-0.3, -0.25) is 19.3 Å². The van der Waals surface area contributed by atoms with Crippen LogP contribution in [0.1, 0.15) is 36.5 Å². The van der Waals surface area contributed by atoms with Crippen molar-refractivity contribution in [3.8, 4) is 22.8 Å².